The number of primary amides is 1. The Morgan fingerprint density at radius 2 is 1.97 bits per heavy atom. The number of carbonyl (C=O) groups excluding carboxylic acids is 3. The second kappa shape index (κ2) is 8.75. The molecule has 3 amide bonds. The normalized spacial score (nSPS) is 20.8. The van der Waals surface area contributed by atoms with Gasteiger partial charge in [0.1, 0.15) is 0 Å². The number of nitrogens with two attached hydrogens (primary N) is 1. The summed E-state index contributed by atoms with van der Waals surface area (Å²) in [6, 6.07) is 9.45. The number of hydrogen-bond donors (Lipinski definition) is 2. The van der Waals surface area contributed by atoms with Gasteiger partial charge in [0.15, 0.2) is 0 Å². The number of amides is 3. The summed E-state index contributed by atoms with van der Waals surface area (Å²) >= 11 is 0. The van der Waals surface area contributed by atoms with E-state index in [1.165, 1.54) is 18.5 Å². The number of carbonyl (C=O) groups is 3. The van der Waals surface area contributed by atoms with Crippen LogP contribution in [-0.2, 0) is 15.1 Å². The third-order valence-corrected chi connectivity index (χ3v) is 5.92. The van der Waals surface area contributed by atoms with Crippen LogP contribution in [0.25, 0.3) is 0 Å². The van der Waals surface area contributed by atoms with Gasteiger partial charge in [-0.1, -0.05) is 19.1 Å². The molecule has 1 saturated heterocycles. The number of hydrogen-bond acceptors (Lipinski definition) is 5. The molecule has 1 aromatic carbocycles. The van der Waals surface area contributed by atoms with E-state index < -0.39 is 23.3 Å². The maximum absolute atomic E-state index is 13.3. The van der Waals surface area contributed by atoms with Gasteiger partial charge in [0, 0.05) is 32.5 Å². The molecule has 0 saturated carbocycles. The minimum absolute atomic E-state index is 0.155. The highest BCUT2D eigenvalue weighted by molar-refractivity contribution is 6.39. The molecule has 1 aliphatic rings. The molecule has 0 bridgehead atoms. The summed E-state index contributed by atoms with van der Waals surface area (Å²) in [5.41, 5.74) is 7.08. The summed E-state index contributed by atoms with van der Waals surface area (Å²) in [7, 11) is 3.93. The Morgan fingerprint density at radius 3 is 2.65 bits per heavy atom. The molecule has 2 heterocycles. The van der Waals surface area contributed by atoms with Crippen LogP contribution >= 0.6 is 0 Å². The van der Waals surface area contributed by atoms with E-state index in [2.05, 4.69) is 23.3 Å². The van der Waals surface area contributed by atoms with Crippen molar-refractivity contribution >= 4 is 29.1 Å². The molecular weight excluding hydrogens is 394 g/mol. The SMILES string of the molecule is C[C@H]1CC[C@@](C)(c2cccc(N(C)C)c2)N(C(=O)C(=O)Nc2cncc(C(N)=O)c2)C1. The zero-order chi connectivity index (χ0) is 22.8. The van der Waals surface area contributed by atoms with Crippen molar-refractivity contribution in [3.63, 3.8) is 0 Å². The largest absolute Gasteiger partial charge is 0.378 e. The van der Waals surface area contributed by atoms with Crippen LogP contribution in [0.4, 0.5) is 11.4 Å². The summed E-state index contributed by atoms with van der Waals surface area (Å²) in [6.45, 7) is 4.57. The van der Waals surface area contributed by atoms with Crippen LogP contribution in [0.1, 0.15) is 42.6 Å². The van der Waals surface area contributed by atoms with E-state index in [-0.39, 0.29) is 17.2 Å². The van der Waals surface area contributed by atoms with E-state index in [1.807, 2.05) is 44.1 Å². The van der Waals surface area contributed by atoms with Crippen LogP contribution in [0.2, 0.25) is 0 Å². The Morgan fingerprint density at radius 1 is 1.23 bits per heavy atom. The van der Waals surface area contributed by atoms with Crippen molar-refractivity contribution < 1.29 is 14.4 Å². The maximum atomic E-state index is 13.3. The van der Waals surface area contributed by atoms with Crippen LogP contribution in [0, 0.1) is 5.92 Å². The highest BCUT2D eigenvalue weighted by Crippen LogP contribution is 2.40. The Balaban J connectivity index is 1.89. The lowest BCUT2D eigenvalue weighted by Gasteiger charge is -2.47. The van der Waals surface area contributed by atoms with E-state index in [4.69, 9.17) is 5.73 Å². The summed E-state index contributed by atoms with van der Waals surface area (Å²) in [5.74, 6) is -1.77. The van der Waals surface area contributed by atoms with Gasteiger partial charge < -0.3 is 20.9 Å². The third kappa shape index (κ3) is 4.68. The number of piperidine rings is 1. The van der Waals surface area contributed by atoms with Crippen LogP contribution < -0.4 is 16.0 Å². The molecule has 1 aromatic heterocycles. The van der Waals surface area contributed by atoms with Crippen molar-refractivity contribution in [2.45, 2.75) is 32.2 Å². The van der Waals surface area contributed by atoms with Crippen LogP contribution in [-0.4, -0.2) is 48.2 Å². The first-order valence-corrected chi connectivity index (χ1v) is 10.3. The molecule has 0 unspecified atom stereocenters. The predicted octanol–water partition coefficient (Wildman–Crippen LogP) is 2.36. The minimum atomic E-state index is -0.771. The fourth-order valence-electron chi connectivity index (χ4n) is 3.94. The maximum Gasteiger partial charge on any atom is 0.313 e. The van der Waals surface area contributed by atoms with Crippen molar-refractivity contribution in [2.24, 2.45) is 11.7 Å². The molecule has 2 atom stereocenters. The zero-order valence-electron chi connectivity index (χ0n) is 18.4. The first-order chi connectivity index (χ1) is 14.6. The summed E-state index contributed by atoms with van der Waals surface area (Å²) in [5, 5.41) is 2.56. The molecule has 0 radical (unpaired) electrons. The average Bonchev–Trinajstić information content (AvgIpc) is 2.75. The number of rotatable bonds is 4. The molecule has 1 aliphatic heterocycles. The summed E-state index contributed by atoms with van der Waals surface area (Å²) in [4.78, 5) is 45.0. The third-order valence-electron chi connectivity index (χ3n) is 5.92. The second-order valence-corrected chi connectivity index (χ2v) is 8.56. The highest BCUT2D eigenvalue weighted by atomic mass is 16.2. The number of benzene rings is 1. The van der Waals surface area contributed by atoms with Gasteiger partial charge in [-0.15, -0.1) is 0 Å². The Hall–Kier alpha value is -3.42. The van der Waals surface area contributed by atoms with E-state index in [1.54, 1.807) is 4.90 Å². The van der Waals surface area contributed by atoms with Gasteiger partial charge in [-0.3, -0.25) is 19.4 Å². The quantitative estimate of drug-likeness (QED) is 0.734. The molecule has 8 nitrogen and oxygen atoms in total. The lowest BCUT2D eigenvalue weighted by Crippen LogP contribution is -2.55. The van der Waals surface area contributed by atoms with Crippen molar-refractivity contribution in [1.29, 1.82) is 0 Å². The van der Waals surface area contributed by atoms with Crippen molar-refractivity contribution in [3.05, 3.63) is 53.9 Å². The van der Waals surface area contributed by atoms with Crippen LogP contribution in [0.3, 0.4) is 0 Å². The fourth-order valence-corrected chi connectivity index (χ4v) is 3.94. The molecule has 1 fully saturated rings. The molecular formula is C23H29N5O3. The van der Waals surface area contributed by atoms with Gasteiger partial charge >= 0.3 is 11.8 Å². The van der Waals surface area contributed by atoms with Gasteiger partial charge in [-0.2, -0.15) is 0 Å². The number of likely N-dealkylation sites (tertiary alicyclic amines) is 1. The van der Waals surface area contributed by atoms with E-state index in [9.17, 15) is 14.4 Å². The first-order valence-electron chi connectivity index (χ1n) is 10.3. The molecule has 3 rings (SSSR count). The standard InChI is InChI=1S/C23H29N5O3/c1-15-8-9-23(2,17-6-5-7-19(11-17)27(3)4)28(14-15)22(31)21(30)26-18-10-16(20(24)29)12-25-13-18/h5-7,10-13,15H,8-9,14H2,1-4H3,(H2,24,29)(H,26,30)/t15-,23-/m0/s1. The number of nitrogens with one attached hydrogen (secondary N) is 1. The first kappa shape index (κ1) is 22.3. The van der Waals surface area contributed by atoms with Crippen molar-refractivity contribution in [3.8, 4) is 0 Å². The Labute approximate surface area is 182 Å². The predicted molar refractivity (Wildman–Crippen MR) is 120 cm³/mol. The van der Waals surface area contributed by atoms with Gasteiger partial charge in [-0.05, 0) is 49.4 Å². The molecule has 31 heavy (non-hydrogen) atoms. The smallest absolute Gasteiger partial charge is 0.313 e. The topological polar surface area (TPSA) is 109 Å². The molecule has 8 heteroatoms. The van der Waals surface area contributed by atoms with Crippen LogP contribution in [0.15, 0.2) is 42.7 Å². The molecule has 0 spiro atoms. The monoisotopic (exact) mass is 423 g/mol. The van der Waals surface area contributed by atoms with Crippen LogP contribution in [0.5, 0.6) is 0 Å². The second-order valence-electron chi connectivity index (χ2n) is 8.56. The number of nitrogens with zero attached hydrogens (tertiary/aromatic N) is 3. The van der Waals surface area contributed by atoms with Crippen molar-refractivity contribution in [1.82, 2.24) is 9.88 Å². The summed E-state index contributed by atoms with van der Waals surface area (Å²) < 4.78 is 0. The van der Waals surface area contributed by atoms with Crippen molar-refractivity contribution in [2.75, 3.05) is 30.9 Å². The zero-order valence-corrected chi connectivity index (χ0v) is 18.4. The molecule has 3 N–H and O–H groups in total. The molecule has 164 valence electrons. The number of aromatic nitrogens is 1. The van der Waals surface area contributed by atoms with Gasteiger partial charge in [-0.25, -0.2) is 0 Å². The van der Waals surface area contributed by atoms with Gasteiger partial charge in [0.25, 0.3) is 0 Å². The molecule has 2 aromatic rings. The lowest BCUT2D eigenvalue weighted by molar-refractivity contribution is -0.150. The van der Waals surface area contributed by atoms with E-state index in [0.29, 0.717) is 6.54 Å². The lowest BCUT2D eigenvalue weighted by atomic mass is 9.78. The highest BCUT2D eigenvalue weighted by Gasteiger charge is 2.43. The van der Waals surface area contributed by atoms with Gasteiger partial charge in [0.05, 0.1) is 23.0 Å². The molecule has 0 aliphatic carbocycles. The van der Waals surface area contributed by atoms with Gasteiger partial charge in [0.2, 0.25) is 5.91 Å². The number of anilines is 2. The Kier molecular flexibility index (Phi) is 6.29. The minimum Gasteiger partial charge on any atom is -0.378 e. The van der Waals surface area contributed by atoms with E-state index >= 15 is 0 Å². The number of pyridine rings is 1. The Bertz CT molecular complexity index is 1010. The van der Waals surface area contributed by atoms with E-state index in [0.717, 1.165) is 24.1 Å². The average molecular weight is 424 g/mol. The summed E-state index contributed by atoms with van der Waals surface area (Å²) in [6.07, 6.45) is 4.39. The fraction of sp³-hybridized carbons (Fsp3) is 0.391.